The molecule has 0 fully saturated rings. The minimum absolute atomic E-state index is 0.599. The highest BCUT2D eigenvalue weighted by molar-refractivity contribution is 5.85. The molecule has 24 heavy (non-hydrogen) atoms. The van der Waals surface area contributed by atoms with Gasteiger partial charge in [0.1, 0.15) is 17.6 Å². The van der Waals surface area contributed by atoms with Gasteiger partial charge in [0.25, 0.3) is 0 Å². The van der Waals surface area contributed by atoms with Gasteiger partial charge in [0.15, 0.2) is 0 Å². The van der Waals surface area contributed by atoms with Crippen molar-refractivity contribution >= 4 is 22.3 Å². The number of hydrogen-bond donors (Lipinski definition) is 1. The van der Waals surface area contributed by atoms with Gasteiger partial charge in [-0.3, -0.25) is 0 Å². The van der Waals surface area contributed by atoms with Gasteiger partial charge in [-0.05, 0) is 36.2 Å². The fourth-order valence-electron chi connectivity index (χ4n) is 3.29. The Morgan fingerprint density at radius 2 is 1.79 bits per heavy atom. The molecule has 0 spiro atoms. The first-order valence-electron chi connectivity index (χ1n) is 8.30. The summed E-state index contributed by atoms with van der Waals surface area (Å²) in [4.78, 5) is 2.20. The van der Waals surface area contributed by atoms with Crippen LogP contribution in [-0.2, 0) is 6.54 Å². The Bertz CT molecular complexity index is 892. The van der Waals surface area contributed by atoms with Crippen molar-refractivity contribution in [3.05, 3.63) is 59.8 Å². The molecule has 0 aliphatic carbocycles. The zero-order chi connectivity index (χ0) is 17.1. The van der Waals surface area contributed by atoms with Crippen molar-refractivity contribution in [2.75, 3.05) is 23.7 Å². The first kappa shape index (κ1) is 15.9. The van der Waals surface area contributed by atoms with Gasteiger partial charge in [0.05, 0.1) is 12.2 Å². The number of nitrogen functional groups attached to an aromatic ring is 1. The summed E-state index contributed by atoms with van der Waals surface area (Å²) in [6, 6.07) is 18.7. The van der Waals surface area contributed by atoms with E-state index in [2.05, 4.69) is 55.1 Å². The highest BCUT2D eigenvalue weighted by Gasteiger charge is 2.18. The molecule has 0 saturated heterocycles. The predicted molar refractivity (Wildman–Crippen MR) is 100 cm³/mol. The Kier molecular flexibility index (Phi) is 4.43. The first-order valence-corrected chi connectivity index (χ1v) is 8.30. The SMILES string of the molecule is CCN(CC)c1c(N)cc(C#N)n1Cc1cccc2ccccc12. The minimum atomic E-state index is 0.599. The smallest absolute Gasteiger partial charge is 0.133 e. The van der Waals surface area contributed by atoms with Crippen LogP contribution < -0.4 is 10.6 Å². The average Bonchev–Trinajstić information content (AvgIpc) is 2.92. The van der Waals surface area contributed by atoms with E-state index >= 15 is 0 Å². The molecular weight excluding hydrogens is 296 g/mol. The molecule has 3 rings (SSSR count). The Morgan fingerprint density at radius 3 is 2.50 bits per heavy atom. The number of hydrogen-bond acceptors (Lipinski definition) is 3. The number of benzene rings is 2. The molecule has 1 heterocycles. The van der Waals surface area contributed by atoms with Crippen LogP contribution in [-0.4, -0.2) is 17.7 Å². The number of anilines is 2. The largest absolute Gasteiger partial charge is 0.396 e. The number of nitrogens with zero attached hydrogens (tertiary/aromatic N) is 3. The van der Waals surface area contributed by atoms with Gasteiger partial charge in [-0.15, -0.1) is 0 Å². The summed E-state index contributed by atoms with van der Waals surface area (Å²) >= 11 is 0. The molecule has 0 amide bonds. The summed E-state index contributed by atoms with van der Waals surface area (Å²) in [5, 5.41) is 11.9. The summed E-state index contributed by atoms with van der Waals surface area (Å²) in [6.45, 7) is 6.54. The van der Waals surface area contributed by atoms with Crippen LogP contribution in [0.2, 0.25) is 0 Å². The highest BCUT2D eigenvalue weighted by Crippen LogP contribution is 2.30. The van der Waals surface area contributed by atoms with Gasteiger partial charge in [-0.2, -0.15) is 5.26 Å². The summed E-state index contributed by atoms with van der Waals surface area (Å²) in [5.41, 5.74) is 8.67. The second-order valence-electron chi connectivity index (χ2n) is 5.82. The number of fused-ring (bicyclic) bond motifs is 1. The van der Waals surface area contributed by atoms with Crippen molar-refractivity contribution in [1.82, 2.24) is 4.57 Å². The van der Waals surface area contributed by atoms with E-state index in [9.17, 15) is 5.26 Å². The van der Waals surface area contributed by atoms with Gasteiger partial charge in [0, 0.05) is 13.1 Å². The molecule has 2 N–H and O–H groups in total. The van der Waals surface area contributed by atoms with Gasteiger partial charge < -0.3 is 15.2 Å². The number of rotatable bonds is 5. The van der Waals surface area contributed by atoms with Gasteiger partial charge in [-0.1, -0.05) is 42.5 Å². The molecular formula is C20H22N4. The van der Waals surface area contributed by atoms with Crippen LogP contribution in [0.4, 0.5) is 11.5 Å². The molecule has 0 unspecified atom stereocenters. The second-order valence-corrected chi connectivity index (χ2v) is 5.82. The quantitative estimate of drug-likeness (QED) is 0.774. The van der Waals surface area contributed by atoms with Crippen LogP contribution in [0.15, 0.2) is 48.5 Å². The molecule has 0 aliphatic heterocycles. The maximum atomic E-state index is 9.53. The van der Waals surface area contributed by atoms with Crippen LogP contribution in [0.1, 0.15) is 25.1 Å². The van der Waals surface area contributed by atoms with E-state index in [0.29, 0.717) is 17.9 Å². The summed E-state index contributed by atoms with van der Waals surface area (Å²) in [6.07, 6.45) is 0. The van der Waals surface area contributed by atoms with Crippen molar-refractivity contribution in [2.45, 2.75) is 20.4 Å². The normalized spacial score (nSPS) is 10.7. The van der Waals surface area contributed by atoms with E-state index in [4.69, 9.17) is 5.73 Å². The third-order valence-corrected chi connectivity index (χ3v) is 4.48. The molecule has 4 heteroatoms. The van der Waals surface area contributed by atoms with Crippen molar-refractivity contribution in [3.63, 3.8) is 0 Å². The van der Waals surface area contributed by atoms with Gasteiger partial charge >= 0.3 is 0 Å². The van der Waals surface area contributed by atoms with Crippen LogP contribution in [0.3, 0.4) is 0 Å². The fraction of sp³-hybridized carbons (Fsp3) is 0.250. The third-order valence-electron chi connectivity index (χ3n) is 4.48. The van der Waals surface area contributed by atoms with E-state index in [1.54, 1.807) is 6.07 Å². The molecule has 4 nitrogen and oxygen atoms in total. The lowest BCUT2D eigenvalue weighted by molar-refractivity contribution is 0.743. The summed E-state index contributed by atoms with van der Waals surface area (Å²) in [7, 11) is 0. The molecule has 0 bridgehead atoms. The highest BCUT2D eigenvalue weighted by atomic mass is 15.2. The maximum absolute atomic E-state index is 9.53. The Balaban J connectivity index is 2.14. The zero-order valence-electron chi connectivity index (χ0n) is 14.2. The Morgan fingerprint density at radius 1 is 1.08 bits per heavy atom. The monoisotopic (exact) mass is 318 g/mol. The van der Waals surface area contributed by atoms with E-state index in [-0.39, 0.29) is 0 Å². The third kappa shape index (κ3) is 2.69. The van der Waals surface area contributed by atoms with E-state index in [1.807, 2.05) is 16.7 Å². The van der Waals surface area contributed by atoms with E-state index in [1.165, 1.54) is 16.3 Å². The van der Waals surface area contributed by atoms with E-state index < -0.39 is 0 Å². The number of nitrogens with two attached hydrogens (primary N) is 1. The zero-order valence-corrected chi connectivity index (χ0v) is 14.2. The average molecular weight is 318 g/mol. The predicted octanol–water partition coefficient (Wildman–Crippen LogP) is 3.99. The minimum Gasteiger partial charge on any atom is -0.396 e. The first-order chi connectivity index (χ1) is 11.7. The molecule has 1 aromatic heterocycles. The van der Waals surface area contributed by atoms with Crippen LogP contribution in [0.25, 0.3) is 10.8 Å². The van der Waals surface area contributed by atoms with Crippen LogP contribution in [0, 0.1) is 11.3 Å². The van der Waals surface area contributed by atoms with E-state index in [0.717, 1.165) is 18.9 Å². The van der Waals surface area contributed by atoms with Crippen LogP contribution in [0.5, 0.6) is 0 Å². The second kappa shape index (κ2) is 6.67. The summed E-state index contributed by atoms with van der Waals surface area (Å²) in [5.74, 6) is 0.935. The fourth-order valence-corrected chi connectivity index (χ4v) is 3.29. The number of nitriles is 1. The van der Waals surface area contributed by atoms with Crippen molar-refractivity contribution < 1.29 is 0 Å². The summed E-state index contributed by atoms with van der Waals surface area (Å²) < 4.78 is 2.03. The lowest BCUT2D eigenvalue weighted by Crippen LogP contribution is -2.26. The molecule has 0 saturated carbocycles. The van der Waals surface area contributed by atoms with Gasteiger partial charge in [-0.25, -0.2) is 0 Å². The van der Waals surface area contributed by atoms with Gasteiger partial charge in [0.2, 0.25) is 0 Å². The standard InChI is InChI=1S/C20H22N4/c1-3-23(4-2)20-19(22)12-17(13-21)24(20)14-16-10-7-9-15-8-5-6-11-18(15)16/h5-12H,3-4,14,22H2,1-2H3. The Hall–Kier alpha value is -2.93. The van der Waals surface area contributed by atoms with Crippen molar-refractivity contribution in [2.24, 2.45) is 0 Å². The molecule has 2 aromatic carbocycles. The molecule has 0 radical (unpaired) electrons. The van der Waals surface area contributed by atoms with Crippen molar-refractivity contribution in [1.29, 1.82) is 5.26 Å². The van der Waals surface area contributed by atoms with Crippen LogP contribution >= 0.6 is 0 Å². The maximum Gasteiger partial charge on any atom is 0.133 e. The Labute approximate surface area is 142 Å². The lowest BCUT2D eigenvalue weighted by atomic mass is 10.0. The molecule has 0 aliphatic rings. The lowest BCUT2D eigenvalue weighted by Gasteiger charge is -2.24. The number of aromatic nitrogens is 1. The molecule has 3 aromatic rings. The molecule has 0 atom stereocenters. The topological polar surface area (TPSA) is 58.0 Å². The van der Waals surface area contributed by atoms with Crippen molar-refractivity contribution in [3.8, 4) is 6.07 Å². The molecule has 122 valence electrons.